The summed E-state index contributed by atoms with van der Waals surface area (Å²) in [7, 11) is 1.65. The largest absolute Gasteiger partial charge is 0.497 e. The fraction of sp³-hybridized carbons (Fsp3) is 0.250. The number of benzene rings is 2. The monoisotopic (exact) mass is 352 g/mol. The number of carbonyl (C=O) groups excluding carboxylic acids is 1. The Morgan fingerprint density at radius 3 is 2.84 bits per heavy atom. The van der Waals surface area contributed by atoms with E-state index in [2.05, 4.69) is 35.0 Å². The summed E-state index contributed by atoms with van der Waals surface area (Å²) in [6.45, 7) is 3.56. The Bertz CT molecular complexity index is 931. The number of ether oxygens (including phenoxy) is 1. The number of amides is 1. The van der Waals surface area contributed by atoms with Crippen molar-refractivity contribution in [3.05, 3.63) is 59.8 Å². The third-order valence-electron chi connectivity index (χ3n) is 4.50. The molecule has 5 heteroatoms. The molecule has 0 saturated heterocycles. The minimum Gasteiger partial charge on any atom is -0.497 e. The van der Waals surface area contributed by atoms with Crippen LogP contribution in [-0.2, 0) is 13.1 Å². The summed E-state index contributed by atoms with van der Waals surface area (Å²) in [5.74, 6) is 0.786. The van der Waals surface area contributed by atoms with E-state index in [1.165, 1.54) is 10.4 Å². The van der Waals surface area contributed by atoms with Crippen LogP contribution in [-0.4, -0.2) is 22.8 Å². The Morgan fingerprint density at radius 1 is 1.28 bits per heavy atom. The summed E-state index contributed by atoms with van der Waals surface area (Å²) in [5.41, 5.74) is 2.97. The maximum absolute atomic E-state index is 12.8. The zero-order valence-corrected chi connectivity index (χ0v) is 15.1. The zero-order valence-electron chi connectivity index (χ0n) is 14.3. The smallest absolute Gasteiger partial charge is 0.268 e. The molecular formula is C20H20N2O2S. The fourth-order valence-corrected chi connectivity index (χ4v) is 4.44. The van der Waals surface area contributed by atoms with Gasteiger partial charge in [0, 0.05) is 28.6 Å². The standard InChI is InChI=1S/C20H20N2O2S/c1-13-12-22-17(10-15-4-3-5-18(25-13)19(15)22)20(23)21-11-14-6-8-16(24-2)9-7-14/h3-10,13H,11-12H2,1-2H3,(H,21,23)/t13-/m1/s1. The van der Waals surface area contributed by atoms with Crippen molar-refractivity contribution in [2.45, 2.75) is 30.2 Å². The van der Waals surface area contributed by atoms with Crippen LogP contribution in [0.15, 0.2) is 53.4 Å². The van der Waals surface area contributed by atoms with Crippen LogP contribution in [0.2, 0.25) is 0 Å². The molecule has 1 aliphatic rings. The van der Waals surface area contributed by atoms with Gasteiger partial charge in [-0.25, -0.2) is 0 Å². The van der Waals surface area contributed by atoms with Gasteiger partial charge < -0.3 is 14.6 Å². The fourth-order valence-electron chi connectivity index (χ4n) is 3.29. The van der Waals surface area contributed by atoms with Crippen molar-refractivity contribution in [2.24, 2.45) is 0 Å². The Morgan fingerprint density at radius 2 is 2.08 bits per heavy atom. The van der Waals surface area contributed by atoms with Gasteiger partial charge >= 0.3 is 0 Å². The number of hydrogen-bond acceptors (Lipinski definition) is 3. The predicted molar refractivity (Wildman–Crippen MR) is 101 cm³/mol. The van der Waals surface area contributed by atoms with Gasteiger partial charge in [0.25, 0.3) is 5.91 Å². The number of para-hydroxylation sites is 1. The van der Waals surface area contributed by atoms with Gasteiger partial charge in [-0.3, -0.25) is 4.79 Å². The lowest BCUT2D eigenvalue weighted by molar-refractivity contribution is 0.0942. The van der Waals surface area contributed by atoms with E-state index in [1.54, 1.807) is 7.11 Å². The van der Waals surface area contributed by atoms with E-state index in [0.717, 1.165) is 28.9 Å². The third kappa shape index (κ3) is 3.00. The summed E-state index contributed by atoms with van der Waals surface area (Å²) in [5, 5.41) is 4.63. The number of carbonyl (C=O) groups is 1. The molecule has 4 rings (SSSR count). The second-order valence-corrected chi connectivity index (χ2v) is 7.77. The molecule has 0 unspecified atom stereocenters. The number of nitrogens with zero attached hydrogens (tertiary/aromatic N) is 1. The van der Waals surface area contributed by atoms with Crippen LogP contribution in [0.25, 0.3) is 10.9 Å². The molecule has 0 saturated carbocycles. The molecule has 0 bridgehead atoms. The second kappa shape index (κ2) is 6.48. The van der Waals surface area contributed by atoms with Crippen molar-refractivity contribution in [3.8, 4) is 5.75 Å². The van der Waals surface area contributed by atoms with Gasteiger partial charge in [0.2, 0.25) is 0 Å². The van der Waals surface area contributed by atoms with Crippen molar-refractivity contribution in [2.75, 3.05) is 7.11 Å². The molecule has 2 aromatic carbocycles. The number of thioether (sulfide) groups is 1. The van der Waals surface area contributed by atoms with Gasteiger partial charge in [0.1, 0.15) is 11.4 Å². The molecule has 0 spiro atoms. The SMILES string of the molecule is COc1ccc(CNC(=O)c2cc3cccc4c3n2C[C@@H](C)S4)cc1. The van der Waals surface area contributed by atoms with Crippen LogP contribution in [0.1, 0.15) is 23.0 Å². The van der Waals surface area contributed by atoms with Crippen LogP contribution in [0.5, 0.6) is 5.75 Å². The first-order valence-corrected chi connectivity index (χ1v) is 9.23. The van der Waals surface area contributed by atoms with E-state index in [4.69, 9.17) is 4.74 Å². The molecule has 1 amide bonds. The summed E-state index contributed by atoms with van der Waals surface area (Å²) < 4.78 is 7.32. The van der Waals surface area contributed by atoms with E-state index in [1.807, 2.05) is 42.1 Å². The maximum Gasteiger partial charge on any atom is 0.268 e. The molecule has 3 aromatic rings. The molecule has 128 valence electrons. The van der Waals surface area contributed by atoms with Gasteiger partial charge in [-0.1, -0.05) is 31.2 Å². The van der Waals surface area contributed by atoms with Gasteiger partial charge in [-0.2, -0.15) is 0 Å². The zero-order chi connectivity index (χ0) is 17.4. The molecule has 0 aliphatic carbocycles. The molecule has 1 N–H and O–H groups in total. The highest BCUT2D eigenvalue weighted by atomic mass is 32.2. The molecule has 1 aliphatic heterocycles. The molecule has 25 heavy (non-hydrogen) atoms. The summed E-state index contributed by atoms with van der Waals surface area (Å²) >= 11 is 1.88. The van der Waals surface area contributed by atoms with Crippen LogP contribution >= 0.6 is 11.8 Å². The van der Waals surface area contributed by atoms with Crippen LogP contribution < -0.4 is 10.1 Å². The minimum absolute atomic E-state index is 0.0305. The average molecular weight is 352 g/mol. The van der Waals surface area contributed by atoms with Crippen molar-refractivity contribution in [1.82, 2.24) is 9.88 Å². The van der Waals surface area contributed by atoms with E-state index in [-0.39, 0.29) is 5.91 Å². The third-order valence-corrected chi connectivity index (χ3v) is 5.63. The predicted octanol–water partition coefficient (Wildman–Crippen LogP) is 4.07. The highest BCUT2D eigenvalue weighted by molar-refractivity contribution is 8.00. The number of methoxy groups -OCH3 is 1. The minimum atomic E-state index is -0.0305. The van der Waals surface area contributed by atoms with Crippen LogP contribution in [0.4, 0.5) is 0 Å². The molecule has 4 nitrogen and oxygen atoms in total. The van der Waals surface area contributed by atoms with Gasteiger partial charge in [0.15, 0.2) is 0 Å². The van der Waals surface area contributed by atoms with Crippen molar-refractivity contribution in [3.63, 3.8) is 0 Å². The van der Waals surface area contributed by atoms with Gasteiger partial charge in [-0.05, 0) is 29.8 Å². The molecule has 2 heterocycles. The van der Waals surface area contributed by atoms with Crippen LogP contribution in [0.3, 0.4) is 0 Å². The second-order valence-electron chi connectivity index (χ2n) is 6.29. The number of rotatable bonds is 4. The lowest BCUT2D eigenvalue weighted by atomic mass is 10.2. The highest BCUT2D eigenvalue weighted by Gasteiger charge is 2.23. The Labute approximate surface area is 151 Å². The number of aromatic nitrogens is 1. The quantitative estimate of drug-likeness (QED) is 0.770. The van der Waals surface area contributed by atoms with Crippen molar-refractivity contribution >= 4 is 28.6 Å². The van der Waals surface area contributed by atoms with Crippen molar-refractivity contribution in [1.29, 1.82) is 0 Å². The lowest BCUT2D eigenvalue weighted by Crippen LogP contribution is -2.27. The first-order chi connectivity index (χ1) is 12.2. The highest BCUT2D eigenvalue weighted by Crippen LogP contribution is 2.38. The van der Waals surface area contributed by atoms with E-state index >= 15 is 0 Å². The Hall–Kier alpha value is -2.40. The topological polar surface area (TPSA) is 43.3 Å². The summed E-state index contributed by atoms with van der Waals surface area (Å²) in [6.07, 6.45) is 0. The number of nitrogens with one attached hydrogen (secondary N) is 1. The molecular weight excluding hydrogens is 332 g/mol. The van der Waals surface area contributed by atoms with E-state index in [0.29, 0.717) is 11.8 Å². The molecule has 0 fully saturated rings. The first-order valence-electron chi connectivity index (χ1n) is 8.36. The summed E-state index contributed by atoms with van der Waals surface area (Å²) in [6, 6.07) is 16.0. The lowest BCUT2D eigenvalue weighted by Gasteiger charge is -2.22. The Kier molecular flexibility index (Phi) is 4.17. The first kappa shape index (κ1) is 16.1. The van der Waals surface area contributed by atoms with Crippen LogP contribution in [0, 0.1) is 0 Å². The van der Waals surface area contributed by atoms with E-state index < -0.39 is 0 Å². The van der Waals surface area contributed by atoms with Gasteiger partial charge in [-0.15, -0.1) is 11.8 Å². The summed E-state index contributed by atoms with van der Waals surface area (Å²) in [4.78, 5) is 14.0. The van der Waals surface area contributed by atoms with Gasteiger partial charge in [0.05, 0.1) is 12.6 Å². The Balaban J connectivity index is 1.58. The maximum atomic E-state index is 12.8. The normalized spacial score (nSPS) is 16.0. The molecule has 1 aromatic heterocycles. The number of hydrogen-bond donors (Lipinski definition) is 1. The average Bonchev–Trinajstić information content (AvgIpc) is 3.00. The van der Waals surface area contributed by atoms with Crippen molar-refractivity contribution < 1.29 is 9.53 Å². The van der Waals surface area contributed by atoms with E-state index in [9.17, 15) is 4.79 Å². The molecule has 0 radical (unpaired) electrons. The molecule has 1 atom stereocenters.